The van der Waals surface area contributed by atoms with Crippen LogP contribution >= 0.6 is 43.5 Å². The Hall–Kier alpha value is -0.580. The summed E-state index contributed by atoms with van der Waals surface area (Å²) in [5.74, 6) is 0. The van der Waals surface area contributed by atoms with Crippen LogP contribution in [0.1, 0.15) is 5.56 Å². The van der Waals surface area contributed by atoms with E-state index in [-0.39, 0.29) is 0 Å². The molecule has 17 heavy (non-hydrogen) atoms. The zero-order valence-electron chi connectivity index (χ0n) is 8.75. The van der Waals surface area contributed by atoms with Gasteiger partial charge in [0.05, 0.1) is 5.69 Å². The monoisotopic (exact) mass is 374 g/mol. The number of pyridine rings is 1. The molecule has 1 N–H and O–H groups in total. The molecule has 2 nitrogen and oxygen atoms in total. The highest BCUT2D eigenvalue weighted by Crippen LogP contribution is 2.26. The third kappa shape index (κ3) is 3.69. The number of rotatable bonds is 3. The molecule has 0 saturated carbocycles. The Bertz CT molecular complexity index is 532. The largest absolute Gasteiger partial charge is 0.380 e. The molecular weight excluding hydrogens is 367 g/mol. The summed E-state index contributed by atoms with van der Waals surface area (Å²) in [4.78, 5) is 4.11. The predicted octanol–water partition coefficient (Wildman–Crippen LogP) is 4.87. The van der Waals surface area contributed by atoms with Crippen molar-refractivity contribution in [2.24, 2.45) is 0 Å². The first-order valence-electron chi connectivity index (χ1n) is 4.93. The highest BCUT2D eigenvalue weighted by atomic mass is 79.9. The molecule has 0 amide bonds. The lowest BCUT2D eigenvalue weighted by atomic mass is 10.2. The molecule has 0 radical (unpaired) electrons. The first kappa shape index (κ1) is 12.9. The van der Waals surface area contributed by atoms with Crippen molar-refractivity contribution in [3.05, 3.63) is 56.2 Å². The highest BCUT2D eigenvalue weighted by Gasteiger charge is 2.01. The van der Waals surface area contributed by atoms with Crippen LogP contribution in [-0.4, -0.2) is 4.98 Å². The van der Waals surface area contributed by atoms with E-state index in [1.807, 2.05) is 30.5 Å². The zero-order chi connectivity index (χ0) is 12.3. The summed E-state index contributed by atoms with van der Waals surface area (Å²) < 4.78 is 1.96. The minimum absolute atomic E-state index is 0.700. The number of aromatic nitrogens is 1. The van der Waals surface area contributed by atoms with Gasteiger partial charge in [0.1, 0.15) is 0 Å². The lowest BCUT2D eigenvalue weighted by Gasteiger charge is -2.09. The van der Waals surface area contributed by atoms with E-state index < -0.39 is 0 Å². The quantitative estimate of drug-likeness (QED) is 0.826. The van der Waals surface area contributed by atoms with Crippen LogP contribution in [0, 0.1) is 0 Å². The van der Waals surface area contributed by atoms with Crippen molar-refractivity contribution in [2.75, 3.05) is 5.32 Å². The van der Waals surface area contributed by atoms with E-state index in [0.29, 0.717) is 11.6 Å². The van der Waals surface area contributed by atoms with E-state index in [0.717, 1.165) is 20.2 Å². The van der Waals surface area contributed by atoms with Gasteiger partial charge in [-0.3, -0.25) is 4.98 Å². The Labute approximate surface area is 122 Å². The Morgan fingerprint density at radius 1 is 1.18 bits per heavy atom. The fourth-order valence-corrected chi connectivity index (χ4v) is 2.35. The normalized spacial score (nSPS) is 10.3. The van der Waals surface area contributed by atoms with Gasteiger partial charge in [0, 0.05) is 32.9 Å². The van der Waals surface area contributed by atoms with Crippen LogP contribution in [0.15, 0.2) is 45.6 Å². The van der Waals surface area contributed by atoms with Gasteiger partial charge in [-0.2, -0.15) is 0 Å². The molecule has 1 aromatic heterocycles. The molecule has 0 bridgehead atoms. The van der Waals surface area contributed by atoms with Crippen molar-refractivity contribution >= 4 is 49.1 Å². The van der Waals surface area contributed by atoms with Crippen molar-refractivity contribution in [2.45, 2.75) is 6.54 Å². The molecule has 0 unspecified atom stereocenters. The minimum Gasteiger partial charge on any atom is -0.380 e. The van der Waals surface area contributed by atoms with Gasteiger partial charge in [-0.05, 0) is 61.7 Å². The molecule has 88 valence electrons. The number of benzene rings is 1. The van der Waals surface area contributed by atoms with Crippen molar-refractivity contribution in [1.29, 1.82) is 0 Å². The van der Waals surface area contributed by atoms with Gasteiger partial charge in [0.15, 0.2) is 0 Å². The second kappa shape index (κ2) is 5.85. The van der Waals surface area contributed by atoms with Gasteiger partial charge in [0.2, 0.25) is 0 Å². The first-order valence-corrected chi connectivity index (χ1v) is 6.90. The van der Waals surface area contributed by atoms with Crippen LogP contribution in [0.4, 0.5) is 5.69 Å². The predicted molar refractivity (Wildman–Crippen MR) is 78.4 cm³/mol. The summed E-state index contributed by atoms with van der Waals surface area (Å²) in [5, 5.41) is 4.02. The average Bonchev–Trinajstić information content (AvgIpc) is 2.30. The average molecular weight is 376 g/mol. The molecule has 0 aliphatic rings. The topological polar surface area (TPSA) is 24.9 Å². The molecule has 0 aliphatic heterocycles. The summed E-state index contributed by atoms with van der Waals surface area (Å²) >= 11 is 12.8. The van der Waals surface area contributed by atoms with E-state index in [2.05, 4.69) is 42.2 Å². The number of halogens is 3. The number of hydrogen-bond acceptors (Lipinski definition) is 2. The Kier molecular flexibility index (Phi) is 4.42. The molecule has 0 fully saturated rings. The van der Waals surface area contributed by atoms with Crippen LogP contribution < -0.4 is 5.32 Å². The number of anilines is 1. The van der Waals surface area contributed by atoms with Gasteiger partial charge < -0.3 is 5.32 Å². The molecule has 5 heteroatoms. The zero-order valence-corrected chi connectivity index (χ0v) is 12.7. The van der Waals surface area contributed by atoms with E-state index >= 15 is 0 Å². The van der Waals surface area contributed by atoms with Crippen molar-refractivity contribution in [3.8, 4) is 0 Å². The fraction of sp³-hybridized carbons (Fsp3) is 0.0833. The summed E-state index contributed by atoms with van der Waals surface area (Å²) in [6.45, 7) is 0.700. The SMILES string of the molecule is Clc1ccc(Br)c(NCc2cncc(Br)c2)c1. The van der Waals surface area contributed by atoms with Crippen LogP contribution in [-0.2, 0) is 6.54 Å². The minimum atomic E-state index is 0.700. The van der Waals surface area contributed by atoms with E-state index in [1.165, 1.54) is 0 Å². The molecule has 2 aromatic rings. The Morgan fingerprint density at radius 2 is 2.00 bits per heavy atom. The third-order valence-corrected chi connectivity index (χ3v) is 3.53. The van der Waals surface area contributed by atoms with Crippen LogP contribution in [0.5, 0.6) is 0 Å². The maximum absolute atomic E-state index is 5.94. The number of hydrogen-bond donors (Lipinski definition) is 1. The van der Waals surface area contributed by atoms with Crippen LogP contribution in [0.3, 0.4) is 0 Å². The molecule has 2 rings (SSSR count). The Balaban J connectivity index is 2.09. The smallest absolute Gasteiger partial charge is 0.0502 e. The maximum Gasteiger partial charge on any atom is 0.0502 e. The molecule has 0 aliphatic carbocycles. The highest BCUT2D eigenvalue weighted by molar-refractivity contribution is 9.10. The van der Waals surface area contributed by atoms with E-state index in [1.54, 1.807) is 6.20 Å². The molecule has 0 saturated heterocycles. The maximum atomic E-state index is 5.94. The number of nitrogens with one attached hydrogen (secondary N) is 1. The molecule has 0 spiro atoms. The van der Waals surface area contributed by atoms with Gasteiger partial charge in [-0.1, -0.05) is 11.6 Å². The molecule has 1 aromatic carbocycles. The van der Waals surface area contributed by atoms with E-state index in [9.17, 15) is 0 Å². The number of nitrogens with zero attached hydrogens (tertiary/aromatic N) is 1. The van der Waals surface area contributed by atoms with Crippen LogP contribution in [0.2, 0.25) is 5.02 Å². The fourth-order valence-electron chi connectivity index (χ4n) is 1.38. The molecular formula is C12H9Br2ClN2. The van der Waals surface area contributed by atoms with Gasteiger partial charge in [-0.25, -0.2) is 0 Å². The lowest BCUT2D eigenvalue weighted by Crippen LogP contribution is -2.00. The third-order valence-electron chi connectivity index (χ3n) is 2.17. The van der Waals surface area contributed by atoms with Gasteiger partial charge in [0.25, 0.3) is 0 Å². The Morgan fingerprint density at radius 3 is 2.76 bits per heavy atom. The van der Waals surface area contributed by atoms with Crippen molar-refractivity contribution < 1.29 is 0 Å². The standard InChI is InChI=1S/C12H9Br2ClN2/c13-9-3-8(5-16-7-9)6-17-12-4-10(15)1-2-11(12)14/h1-5,7,17H,6H2. The molecule has 1 heterocycles. The van der Waals surface area contributed by atoms with Crippen molar-refractivity contribution in [3.63, 3.8) is 0 Å². The summed E-state index contributed by atoms with van der Waals surface area (Å²) in [6.07, 6.45) is 3.59. The molecule has 0 atom stereocenters. The van der Waals surface area contributed by atoms with Gasteiger partial charge in [-0.15, -0.1) is 0 Å². The summed E-state index contributed by atoms with van der Waals surface area (Å²) in [7, 11) is 0. The summed E-state index contributed by atoms with van der Waals surface area (Å²) in [6, 6.07) is 7.68. The summed E-state index contributed by atoms with van der Waals surface area (Å²) in [5.41, 5.74) is 2.07. The second-order valence-electron chi connectivity index (χ2n) is 3.49. The van der Waals surface area contributed by atoms with Gasteiger partial charge >= 0.3 is 0 Å². The second-order valence-corrected chi connectivity index (χ2v) is 5.70. The lowest BCUT2D eigenvalue weighted by molar-refractivity contribution is 1.10. The van der Waals surface area contributed by atoms with Crippen molar-refractivity contribution in [1.82, 2.24) is 4.98 Å². The first-order chi connectivity index (χ1) is 8.15. The van der Waals surface area contributed by atoms with E-state index in [4.69, 9.17) is 11.6 Å². The van der Waals surface area contributed by atoms with Crippen LogP contribution in [0.25, 0.3) is 0 Å².